The molecule has 2 heterocycles. The van der Waals surface area contributed by atoms with Gasteiger partial charge in [0, 0.05) is 10.9 Å². The first-order chi connectivity index (χ1) is 16.5. The minimum Gasteiger partial charge on any atom is -0.489 e. The average molecular weight is 493 g/mol. The zero-order valence-corrected chi connectivity index (χ0v) is 20.0. The van der Waals surface area contributed by atoms with E-state index in [0.717, 1.165) is 16.8 Å². The van der Waals surface area contributed by atoms with Gasteiger partial charge in [-0.05, 0) is 35.4 Å². The number of thioether (sulfide) groups is 1. The lowest BCUT2D eigenvalue weighted by Crippen LogP contribution is -2.37. The number of fused-ring (bicyclic) bond motifs is 1. The van der Waals surface area contributed by atoms with Crippen molar-refractivity contribution < 1.29 is 17.9 Å². The molecule has 2 aliphatic rings. The summed E-state index contributed by atoms with van der Waals surface area (Å²) in [6, 6.07) is 26.7. The van der Waals surface area contributed by atoms with E-state index in [-0.39, 0.29) is 35.1 Å². The van der Waals surface area contributed by atoms with E-state index in [4.69, 9.17) is 4.74 Å². The third-order valence-corrected chi connectivity index (χ3v) is 9.06. The molecule has 2 aliphatic heterocycles. The topological polar surface area (TPSA) is 76.0 Å². The number of anilines is 1. The van der Waals surface area contributed by atoms with E-state index >= 15 is 0 Å². The second kappa shape index (κ2) is 9.64. The number of amides is 1. The van der Waals surface area contributed by atoms with Crippen LogP contribution in [0.4, 0.5) is 5.69 Å². The average Bonchev–Trinajstić information content (AvgIpc) is 3.30. The Balaban J connectivity index is 1.36. The van der Waals surface area contributed by atoms with Crippen molar-refractivity contribution in [3.63, 3.8) is 0 Å². The van der Waals surface area contributed by atoms with E-state index in [1.807, 2.05) is 89.8 Å². The Labute approximate surface area is 203 Å². The number of sulfone groups is 1. The van der Waals surface area contributed by atoms with Gasteiger partial charge in [0.1, 0.15) is 12.4 Å². The standard InChI is InChI=1S/C26H24N2O4S2/c29-25(15-19-7-3-1-4-8-19)27-26-28(23-17-34(30,31)18-24(23)33-26)21-11-13-22(14-12-21)32-16-20-9-5-2-6-10-20/h1-14,23-24H,15-18H2/t23-,24+/m1/s1. The van der Waals surface area contributed by atoms with Crippen LogP contribution in [0, 0.1) is 0 Å². The highest BCUT2D eigenvalue weighted by atomic mass is 32.2. The smallest absolute Gasteiger partial charge is 0.252 e. The molecule has 1 amide bonds. The first-order valence-electron chi connectivity index (χ1n) is 11.1. The number of ether oxygens (including phenoxy) is 1. The lowest BCUT2D eigenvalue weighted by Gasteiger charge is -2.24. The molecule has 174 valence electrons. The van der Waals surface area contributed by atoms with Crippen LogP contribution in [0.2, 0.25) is 0 Å². The van der Waals surface area contributed by atoms with E-state index in [0.29, 0.717) is 17.5 Å². The number of amidine groups is 1. The molecule has 0 bridgehead atoms. The number of nitrogens with zero attached hydrogens (tertiary/aromatic N) is 2. The Morgan fingerprint density at radius 2 is 1.56 bits per heavy atom. The van der Waals surface area contributed by atoms with Crippen LogP contribution in [0.5, 0.6) is 5.75 Å². The van der Waals surface area contributed by atoms with Crippen molar-refractivity contribution in [2.45, 2.75) is 24.3 Å². The summed E-state index contributed by atoms with van der Waals surface area (Å²) in [5.74, 6) is 0.629. The predicted molar refractivity (Wildman–Crippen MR) is 136 cm³/mol. The van der Waals surface area contributed by atoms with Gasteiger partial charge in [0.2, 0.25) is 0 Å². The second-order valence-corrected chi connectivity index (χ2v) is 11.7. The van der Waals surface area contributed by atoms with E-state index in [9.17, 15) is 13.2 Å². The fraction of sp³-hybridized carbons (Fsp3) is 0.231. The monoisotopic (exact) mass is 492 g/mol. The maximum absolute atomic E-state index is 12.7. The second-order valence-electron chi connectivity index (χ2n) is 8.39. The highest BCUT2D eigenvalue weighted by Crippen LogP contribution is 2.41. The van der Waals surface area contributed by atoms with Crippen LogP contribution in [-0.2, 0) is 27.7 Å². The molecule has 2 atom stereocenters. The van der Waals surface area contributed by atoms with Crippen LogP contribution >= 0.6 is 11.8 Å². The van der Waals surface area contributed by atoms with Crippen molar-refractivity contribution in [3.8, 4) is 5.75 Å². The Hall–Kier alpha value is -3.10. The molecule has 3 aromatic rings. The van der Waals surface area contributed by atoms with Gasteiger partial charge in [-0.3, -0.25) is 4.79 Å². The summed E-state index contributed by atoms with van der Waals surface area (Å²) >= 11 is 1.38. The fourth-order valence-corrected chi connectivity index (χ4v) is 8.16. The first-order valence-corrected chi connectivity index (χ1v) is 13.8. The van der Waals surface area contributed by atoms with E-state index < -0.39 is 9.84 Å². The van der Waals surface area contributed by atoms with Crippen LogP contribution in [0.25, 0.3) is 0 Å². The minimum atomic E-state index is -3.12. The van der Waals surface area contributed by atoms with Gasteiger partial charge in [-0.15, -0.1) is 0 Å². The summed E-state index contributed by atoms with van der Waals surface area (Å²) in [4.78, 5) is 19.0. The summed E-state index contributed by atoms with van der Waals surface area (Å²) in [7, 11) is -3.12. The summed E-state index contributed by atoms with van der Waals surface area (Å²) in [5.41, 5.74) is 2.78. The molecule has 3 aromatic carbocycles. The third-order valence-electron chi connectivity index (χ3n) is 5.85. The molecule has 0 spiro atoms. The number of rotatable bonds is 6. The Morgan fingerprint density at radius 1 is 0.912 bits per heavy atom. The molecule has 0 aromatic heterocycles. The molecule has 6 nitrogen and oxygen atoms in total. The summed E-state index contributed by atoms with van der Waals surface area (Å²) in [5, 5.41) is 0.422. The van der Waals surface area contributed by atoms with Crippen molar-refractivity contribution in [2.75, 3.05) is 16.4 Å². The van der Waals surface area contributed by atoms with Gasteiger partial charge in [0.05, 0.1) is 24.0 Å². The van der Waals surface area contributed by atoms with E-state index in [1.54, 1.807) is 0 Å². The molecule has 0 aliphatic carbocycles. The normalized spacial score (nSPS) is 22.0. The quantitative estimate of drug-likeness (QED) is 0.516. The van der Waals surface area contributed by atoms with Crippen molar-refractivity contribution in [2.24, 2.45) is 4.99 Å². The molecule has 0 radical (unpaired) electrons. The summed E-state index contributed by atoms with van der Waals surface area (Å²) < 4.78 is 30.5. The lowest BCUT2D eigenvalue weighted by molar-refractivity contribution is -0.117. The fourth-order valence-electron chi connectivity index (χ4n) is 4.23. The zero-order chi connectivity index (χ0) is 23.5. The van der Waals surface area contributed by atoms with Crippen molar-refractivity contribution in [1.82, 2.24) is 0 Å². The van der Waals surface area contributed by atoms with E-state index in [2.05, 4.69) is 4.99 Å². The zero-order valence-electron chi connectivity index (χ0n) is 18.4. The molecule has 2 saturated heterocycles. The van der Waals surface area contributed by atoms with Gasteiger partial charge in [0.25, 0.3) is 5.91 Å². The molecule has 0 unspecified atom stereocenters. The van der Waals surface area contributed by atoms with Crippen LogP contribution in [0.3, 0.4) is 0 Å². The molecule has 34 heavy (non-hydrogen) atoms. The van der Waals surface area contributed by atoms with Crippen molar-refractivity contribution in [3.05, 3.63) is 96.1 Å². The molecular formula is C26H24N2O4S2. The van der Waals surface area contributed by atoms with Gasteiger partial charge in [0.15, 0.2) is 15.0 Å². The lowest BCUT2D eigenvalue weighted by atomic mass is 10.1. The third kappa shape index (κ3) is 5.18. The first kappa shape index (κ1) is 22.7. The van der Waals surface area contributed by atoms with Crippen molar-refractivity contribution >= 4 is 38.4 Å². The van der Waals surface area contributed by atoms with Gasteiger partial charge >= 0.3 is 0 Å². The Kier molecular flexibility index (Phi) is 6.43. The number of aliphatic imine (C=N–C) groups is 1. The Morgan fingerprint density at radius 3 is 2.24 bits per heavy atom. The molecule has 2 fully saturated rings. The van der Waals surface area contributed by atoms with Crippen LogP contribution in [-0.4, -0.2) is 42.3 Å². The summed E-state index contributed by atoms with van der Waals surface area (Å²) in [6.45, 7) is 0.462. The van der Waals surface area contributed by atoms with Gasteiger partial charge in [-0.25, -0.2) is 8.42 Å². The number of hydrogen-bond acceptors (Lipinski definition) is 5. The maximum Gasteiger partial charge on any atom is 0.252 e. The molecule has 0 N–H and O–H groups in total. The van der Waals surface area contributed by atoms with Crippen molar-refractivity contribution in [1.29, 1.82) is 0 Å². The highest BCUT2D eigenvalue weighted by Gasteiger charge is 2.49. The molecule has 0 saturated carbocycles. The SMILES string of the molecule is O=C(Cc1ccccc1)N=C1S[C@H]2CS(=O)(=O)C[C@H]2N1c1ccc(OCc2ccccc2)cc1. The molecule has 5 rings (SSSR count). The molecular weight excluding hydrogens is 468 g/mol. The van der Waals surface area contributed by atoms with Gasteiger partial charge in [-0.1, -0.05) is 72.4 Å². The molecule has 8 heteroatoms. The van der Waals surface area contributed by atoms with Gasteiger partial charge in [-0.2, -0.15) is 4.99 Å². The maximum atomic E-state index is 12.7. The number of carbonyl (C=O) groups is 1. The van der Waals surface area contributed by atoms with E-state index in [1.165, 1.54) is 11.8 Å². The van der Waals surface area contributed by atoms with Crippen LogP contribution in [0.15, 0.2) is 89.9 Å². The minimum absolute atomic E-state index is 0.0584. The number of benzene rings is 3. The van der Waals surface area contributed by atoms with Gasteiger partial charge < -0.3 is 9.64 Å². The Bertz CT molecular complexity index is 1290. The largest absolute Gasteiger partial charge is 0.489 e. The van der Waals surface area contributed by atoms with Crippen LogP contribution in [0.1, 0.15) is 11.1 Å². The summed E-state index contributed by atoms with van der Waals surface area (Å²) in [6.07, 6.45) is 0.207. The number of hydrogen-bond donors (Lipinski definition) is 0. The highest BCUT2D eigenvalue weighted by molar-refractivity contribution is 8.16. The van der Waals surface area contributed by atoms with Crippen LogP contribution < -0.4 is 9.64 Å². The predicted octanol–water partition coefficient (Wildman–Crippen LogP) is 4.11. The number of carbonyl (C=O) groups excluding carboxylic acids is 1.